The predicted octanol–water partition coefficient (Wildman–Crippen LogP) is 9.42. The van der Waals surface area contributed by atoms with Gasteiger partial charge in [0.1, 0.15) is 11.2 Å². The van der Waals surface area contributed by atoms with Crippen LogP contribution in [0.2, 0.25) is 0 Å². The Morgan fingerprint density at radius 1 is 0.500 bits per heavy atom. The van der Waals surface area contributed by atoms with Crippen LogP contribution in [0.4, 0.5) is 0 Å². The maximum absolute atomic E-state index is 6.34. The van der Waals surface area contributed by atoms with Crippen LogP contribution in [-0.2, 0) is 0 Å². The second-order valence-corrected chi connectivity index (χ2v) is 10.3. The van der Waals surface area contributed by atoms with E-state index in [1.807, 2.05) is 12.1 Å². The lowest BCUT2D eigenvalue weighted by molar-refractivity contribution is 0.670. The first-order valence-electron chi connectivity index (χ1n) is 13.4. The molecule has 0 unspecified atom stereocenters. The number of benzene rings is 6. The van der Waals surface area contributed by atoms with Crippen LogP contribution in [-0.4, -0.2) is 14.6 Å². The second-order valence-electron chi connectivity index (χ2n) is 10.3. The van der Waals surface area contributed by atoms with Gasteiger partial charge in [0.15, 0.2) is 11.5 Å². The van der Waals surface area contributed by atoms with E-state index in [-0.39, 0.29) is 0 Å². The van der Waals surface area contributed by atoms with Gasteiger partial charge in [0.25, 0.3) is 0 Å². The normalized spacial score (nSPS) is 12.0. The van der Waals surface area contributed by atoms with Gasteiger partial charge in [0.2, 0.25) is 0 Å². The predicted molar refractivity (Wildman–Crippen MR) is 164 cm³/mol. The SMILES string of the molecule is c1ccc2c(c1)oc1c(-c3ccc4ccc(-c5nnc6c7ccccc7c7ccccc7n56)cc4c3)cccc12. The van der Waals surface area contributed by atoms with E-state index in [2.05, 4.69) is 125 Å². The molecule has 0 aliphatic rings. The molecule has 0 bridgehead atoms. The van der Waals surface area contributed by atoms with Crippen LogP contribution >= 0.6 is 0 Å². The first kappa shape index (κ1) is 21.5. The molecule has 0 atom stereocenters. The summed E-state index contributed by atoms with van der Waals surface area (Å²) in [4.78, 5) is 0. The minimum Gasteiger partial charge on any atom is -0.455 e. The molecule has 9 aromatic rings. The number of rotatable bonds is 2. The van der Waals surface area contributed by atoms with Crippen LogP contribution in [0.25, 0.3) is 82.5 Å². The lowest BCUT2D eigenvalue weighted by atomic mass is 9.98. The molecular formula is C36H21N3O. The Labute approximate surface area is 228 Å². The molecule has 3 heterocycles. The van der Waals surface area contributed by atoms with Gasteiger partial charge in [-0.1, -0.05) is 103 Å². The Morgan fingerprint density at radius 2 is 1.20 bits per heavy atom. The largest absolute Gasteiger partial charge is 0.455 e. The van der Waals surface area contributed by atoms with Gasteiger partial charge >= 0.3 is 0 Å². The molecule has 186 valence electrons. The molecule has 3 aromatic heterocycles. The van der Waals surface area contributed by atoms with Crippen LogP contribution in [0, 0.1) is 0 Å². The standard InChI is InChI=1S/C36H21N3O/c1-2-11-31-27(8-1)28-9-3-5-14-32(28)39-35(37-38-36(31)39)24-19-17-22-16-18-23(20-25(22)21-24)26-12-7-13-30-29-10-4-6-15-33(29)40-34(26)30/h1-21H. The lowest BCUT2D eigenvalue weighted by Crippen LogP contribution is -1.94. The highest BCUT2D eigenvalue weighted by atomic mass is 16.3. The van der Waals surface area contributed by atoms with Crippen LogP contribution in [0.15, 0.2) is 132 Å². The highest BCUT2D eigenvalue weighted by Gasteiger charge is 2.16. The Morgan fingerprint density at radius 3 is 2.10 bits per heavy atom. The molecule has 0 N–H and O–H groups in total. The Kier molecular flexibility index (Phi) is 4.30. The molecule has 0 fully saturated rings. The maximum atomic E-state index is 6.34. The Balaban J connectivity index is 1.27. The molecular weight excluding hydrogens is 490 g/mol. The number of pyridine rings is 1. The van der Waals surface area contributed by atoms with Gasteiger partial charge in [0.05, 0.1) is 5.52 Å². The fourth-order valence-electron chi connectivity index (χ4n) is 6.21. The highest BCUT2D eigenvalue weighted by molar-refractivity contribution is 6.12. The number of para-hydroxylation sites is 3. The molecule has 0 spiro atoms. The third-order valence-corrected chi connectivity index (χ3v) is 8.08. The monoisotopic (exact) mass is 511 g/mol. The lowest BCUT2D eigenvalue weighted by Gasteiger charge is -2.10. The number of hydrogen-bond donors (Lipinski definition) is 0. The molecule has 0 radical (unpaired) electrons. The number of hydrogen-bond acceptors (Lipinski definition) is 3. The average Bonchev–Trinajstić information content (AvgIpc) is 3.63. The zero-order valence-electron chi connectivity index (χ0n) is 21.4. The smallest absolute Gasteiger partial charge is 0.169 e. The van der Waals surface area contributed by atoms with E-state index >= 15 is 0 Å². The molecule has 0 saturated heterocycles. The van der Waals surface area contributed by atoms with Crippen molar-refractivity contribution in [3.8, 4) is 22.5 Å². The topological polar surface area (TPSA) is 43.3 Å². The fraction of sp³-hybridized carbons (Fsp3) is 0. The first-order chi connectivity index (χ1) is 19.8. The molecule has 4 heteroatoms. The fourth-order valence-corrected chi connectivity index (χ4v) is 6.21. The Hall–Kier alpha value is -5.48. The van der Waals surface area contributed by atoms with Crippen LogP contribution < -0.4 is 0 Å². The molecule has 6 aromatic carbocycles. The van der Waals surface area contributed by atoms with Crippen molar-refractivity contribution in [3.05, 3.63) is 127 Å². The summed E-state index contributed by atoms with van der Waals surface area (Å²) < 4.78 is 8.53. The van der Waals surface area contributed by atoms with E-state index in [0.717, 1.165) is 66.4 Å². The summed E-state index contributed by atoms with van der Waals surface area (Å²) in [5.74, 6) is 0.837. The van der Waals surface area contributed by atoms with Crippen molar-refractivity contribution in [3.63, 3.8) is 0 Å². The Bertz CT molecular complexity index is 2450. The molecule has 9 rings (SSSR count). The van der Waals surface area contributed by atoms with Crippen LogP contribution in [0.5, 0.6) is 0 Å². The zero-order valence-corrected chi connectivity index (χ0v) is 21.4. The first-order valence-corrected chi connectivity index (χ1v) is 13.4. The third-order valence-electron chi connectivity index (χ3n) is 8.08. The average molecular weight is 512 g/mol. The van der Waals surface area contributed by atoms with Gasteiger partial charge in [-0.3, -0.25) is 4.40 Å². The third kappa shape index (κ3) is 2.96. The van der Waals surface area contributed by atoms with Crippen molar-refractivity contribution < 1.29 is 4.42 Å². The van der Waals surface area contributed by atoms with Crippen molar-refractivity contribution in [2.24, 2.45) is 0 Å². The van der Waals surface area contributed by atoms with E-state index in [9.17, 15) is 0 Å². The zero-order chi connectivity index (χ0) is 26.2. The number of aromatic nitrogens is 3. The molecule has 0 aliphatic carbocycles. The summed E-state index contributed by atoms with van der Waals surface area (Å²) >= 11 is 0. The van der Waals surface area contributed by atoms with Crippen molar-refractivity contribution in [1.29, 1.82) is 0 Å². The van der Waals surface area contributed by atoms with Crippen LogP contribution in [0.3, 0.4) is 0 Å². The van der Waals surface area contributed by atoms with E-state index in [1.54, 1.807) is 0 Å². The second kappa shape index (κ2) is 8.01. The van der Waals surface area contributed by atoms with E-state index in [1.165, 1.54) is 16.2 Å². The number of furan rings is 1. The molecule has 4 nitrogen and oxygen atoms in total. The molecule has 0 saturated carbocycles. The van der Waals surface area contributed by atoms with Gasteiger partial charge in [-0.05, 0) is 46.0 Å². The maximum Gasteiger partial charge on any atom is 0.169 e. The van der Waals surface area contributed by atoms with E-state index in [0.29, 0.717) is 0 Å². The van der Waals surface area contributed by atoms with Gasteiger partial charge in [-0.2, -0.15) is 0 Å². The summed E-state index contributed by atoms with van der Waals surface area (Å²) in [5, 5.41) is 17.5. The van der Waals surface area contributed by atoms with E-state index in [4.69, 9.17) is 9.52 Å². The quantitative estimate of drug-likeness (QED) is 0.217. The summed E-state index contributed by atoms with van der Waals surface area (Å²) in [5.41, 5.74) is 7.03. The summed E-state index contributed by atoms with van der Waals surface area (Å²) in [6.07, 6.45) is 0. The molecule has 40 heavy (non-hydrogen) atoms. The summed E-state index contributed by atoms with van der Waals surface area (Å²) in [6.45, 7) is 0. The number of nitrogens with zero attached hydrogens (tertiary/aromatic N) is 3. The van der Waals surface area contributed by atoms with Gasteiger partial charge in [-0.15, -0.1) is 10.2 Å². The summed E-state index contributed by atoms with van der Waals surface area (Å²) in [6, 6.07) is 44.6. The van der Waals surface area contributed by atoms with Crippen LogP contribution in [0.1, 0.15) is 0 Å². The van der Waals surface area contributed by atoms with Gasteiger partial charge in [-0.25, -0.2) is 0 Å². The minimum atomic E-state index is 0.837. The van der Waals surface area contributed by atoms with E-state index < -0.39 is 0 Å². The molecule has 0 amide bonds. The molecule has 0 aliphatic heterocycles. The van der Waals surface area contributed by atoms with Crippen molar-refractivity contribution in [2.45, 2.75) is 0 Å². The highest BCUT2D eigenvalue weighted by Crippen LogP contribution is 2.37. The number of fused-ring (bicyclic) bond motifs is 10. The van der Waals surface area contributed by atoms with Gasteiger partial charge < -0.3 is 4.42 Å². The minimum absolute atomic E-state index is 0.837. The van der Waals surface area contributed by atoms with Crippen molar-refractivity contribution in [1.82, 2.24) is 14.6 Å². The van der Waals surface area contributed by atoms with Crippen molar-refractivity contribution in [2.75, 3.05) is 0 Å². The van der Waals surface area contributed by atoms with Gasteiger partial charge in [0, 0.05) is 32.7 Å². The van der Waals surface area contributed by atoms with Crippen molar-refractivity contribution >= 4 is 60.0 Å². The summed E-state index contributed by atoms with van der Waals surface area (Å²) in [7, 11) is 0.